The molecule has 0 aliphatic heterocycles. The number of rotatable bonds is 6. The molecule has 21 heavy (non-hydrogen) atoms. The third kappa shape index (κ3) is 4.19. The first kappa shape index (κ1) is 15.8. The van der Waals surface area contributed by atoms with Crippen LogP contribution in [0.2, 0.25) is 0 Å². The van der Waals surface area contributed by atoms with Gasteiger partial charge in [0.25, 0.3) is 0 Å². The van der Waals surface area contributed by atoms with Crippen molar-refractivity contribution in [1.29, 1.82) is 0 Å². The van der Waals surface area contributed by atoms with Crippen LogP contribution in [0.15, 0.2) is 36.4 Å². The summed E-state index contributed by atoms with van der Waals surface area (Å²) in [4.78, 5) is 0. The normalized spacial score (nSPS) is 13.4. The summed E-state index contributed by atoms with van der Waals surface area (Å²) in [6, 6.07) is 11.6. The highest BCUT2D eigenvalue weighted by Crippen LogP contribution is 2.32. The van der Waals surface area contributed by atoms with Crippen LogP contribution < -0.4 is 5.32 Å². The third-order valence-electron chi connectivity index (χ3n) is 3.54. The molecule has 0 aliphatic rings. The van der Waals surface area contributed by atoms with Crippen molar-refractivity contribution in [3.05, 3.63) is 42.0 Å². The van der Waals surface area contributed by atoms with E-state index in [2.05, 4.69) is 5.32 Å². The number of phenols is 1. The molecule has 0 bridgehead atoms. The van der Waals surface area contributed by atoms with Crippen LogP contribution in [-0.2, 0) is 9.84 Å². The molecule has 1 unspecified atom stereocenters. The van der Waals surface area contributed by atoms with Crippen LogP contribution in [0.3, 0.4) is 0 Å². The van der Waals surface area contributed by atoms with Crippen molar-refractivity contribution in [1.82, 2.24) is 5.32 Å². The Labute approximate surface area is 125 Å². The highest BCUT2D eigenvalue weighted by atomic mass is 32.2. The number of sulfone groups is 1. The molecule has 2 N–H and O–H groups in total. The summed E-state index contributed by atoms with van der Waals surface area (Å²) in [5.74, 6) is 0.465. The lowest BCUT2D eigenvalue weighted by Gasteiger charge is -2.16. The lowest BCUT2D eigenvalue weighted by Crippen LogP contribution is -2.22. The van der Waals surface area contributed by atoms with Gasteiger partial charge in [-0.1, -0.05) is 36.4 Å². The Morgan fingerprint density at radius 3 is 2.62 bits per heavy atom. The zero-order chi connectivity index (χ0) is 15.5. The number of phenolic OH excluding ortho intramolecular Hbond substituents is 1. The van der Waals surface area contributed by atoms with E-state index >= 15 is 0 Å². The minimum absolute atomic E-state index is 0.0332. The predicted molar refractivity (Wildman–Crippen MR) is 86.4 cm³/mol. The molecule has 0 spiro atoms. The van der Waals surface area contributed by atoms with E-state index in [1.54, 1.807) is 0 Å². The molecule has 0 aliphatic carbocycles. The second kappa shape index (κ2) is 6.45. The summed E-state index contributed by atoms with van der Waals surface area (Å²) < 4.78 is 22.2. The van der Waals surface area contributed by atoms with Crippen LogP contribution in [0.25, 0.3) is 10.8 Å². The Morgan fingerprint density at radius 2 is 1.90 bits per heavy atom. The fourth-order valence-electron chi connectivity index (χ4n) is 2.38. The SMILES string of the molecule is CC(NCCCS(C)(=O)=O)c1ccc2ccccc2c1O. The van der Waals surface area contributed by atoms with Crippen molar-refractivity contribution in [3.8, 4) is 5.75 Å². The first-order valence-electron chi connectivity index (χ1n) is 7.00. The molecule has 0 heterocycles. The lowest BCUT2D eigenvalue weighted by atomic mass is 10.0. The molecular formula is C16H21NO3S. The fraction of sp³-hybridized carbons (Fsp3) is 0.375. The zero-order valence-electron chi connectivity index (χ0n) is 12.3. The van der Waals surface area contributed by atoms with Gasteiger partial charge in [0.1, 0.15) is 15.6 Å². The quantitative estimate of drug-likeness (QED) is 0.805. The summed E-state index contributed by atoms with van der Waals surface area (Å²) in [5.41, 5.74) is 0.827. The first-order chi connectivity index (χ1) is 9.88. The molecule has 2 rings (SSSR count). The smallest absolute Gasteiger partial charge is 0.147 e. The predicted octanol–water partition coefficient (Wildman–Crippen LogP) is 2.63. The number of nitrogens with one attached hydrogen (secondary N) is 1. The molecule has 0 radical (unpaired) electrons. The van der Waals surface area contributed by atoms with Crippen molar-refractivity contribution in [2.45, 2.75) is 19.4 Å². The van der Waals surface area contributed by atoms with Crippen LogP contribution >= 0.6 is 0 Å². The van der Waals surface area contributed by atoms with Gasteiger partial charge in [-0.15, -0.1) is 0 Å². The Kier molecular flexibility index (Phi) is 4.85. The highest BCUT2D eigenvalue weighted by Gasteiger charge is 2.12. The maximum Gasteiger partial charge on any atom is 0.147 e. The maximum absolute atomic E-state index is 11.1. The molecular weight excluding hydrogens is 286 g/mol. The zero-order valence-corrected chi connectivity index (χ0v) is 13.2. The van der Waals surface area contributed by atoms with E-state index in [0.717, 1.165) is 16.3 Å². The standard InChI is InChI=1S/C16H21NO3S/c1-12(17-10-5-11-21(2,19)20)14-9-8-13-6-3-4-7-15(13)16(14)18/h3-4,6-9,12,17-18H,5,10-11H2,1-2H3. The van der Waals surface area contributed by atoms with Gasteiger partial charge in [-0.3, -0.25) is 0 Å². The van der Waals surface area contributed by atoms with Crippen LogP contribution in [-0.4, -0.2) is 32.1 Å². The molecule has 0 saturated carbocycles. The number of fused-ring (bicyclic) bond motifs is 1. The van der Waals surface area contributed by atoms with Crippen molar-refractivity contribution in [2.24, 2.45) is 0 Å². The molecule has 0 saturated heterocycles. The van der Waals surface area contributed by atoms with E-state index < -0.39 is 9.84 Å². The first-order valence-corrected chi connectivity index (χ1v) is 9.06. The Balaban J connectivity index is 2.06. The number of benzene rings is 2. The van der Waals surface area contributed by atoms with Gasteiger partial charge in [0.15, 0.2) is 0 Å². The monoisotopic (exact) mass is 307 g/mol. The van der Waals surface area contributed by atoms with E-state index in [4.69, 9.17) is 0 Å². The van der Waals surface area contributed by atoms with Crippen molar-refractivity contribution in [3.63, 3.8) is 0 Å². The second-order valence-electron chi connectivity index (χ2n) is 5.38. The van der Waals surface area contributed by atoms with Gasteiger partial charge < -0.3 is 10.4 Å². The van der Waals surface area contributed by atoms with Gasteiger partial charge in [0.2, 0.25) is 0 Å². The maximum atomic E-state index is 11.1. The molecule has 0 aromatic heterocycles. The summed E-state index contributed by atoms with van der Waals surface area (Å²) >= 11 is 0. The summed E-state index contributed by atoms with van der Waals surface area (Å²) in [5, 5.41) is 15.5. The Morgan fingerprint density at radius 1 is 1.19 bits per heavy atom. The Hall–Kier alpha value is -1.59. The van der Waals surface area contributed by atoms with E-state index in [-0.39, 0.29) is 17.5 Å². The van der Waals surface area contributed by atoms with E-state index in [9.17, 15) is 13.5 Å². The molecule has 1 atom stereocenters. The molecule has 5 heteroatoms. The topological polar surface area (TPSA) is 66.4 Å². The van der Waals surface area contributed by atoms with Gasteiger partial charge in [0.05, 0.1) is 5.75 Å². The number of hydrogen-bond donors (Lipinski definition) is 2. The number of hydrogen-bond acceptors (Lipinski definition) is 4. The van der Waals surface area contributed by atoms with Gasteiger partial charge in [-0.25, -0.2) is 8.42 Å². The highest BCUT2D eigenvalue weighted by molar-refractivity contribution is 7.90. The molecule has 114 valence electrons. The minimum atomic E-state index is -2.91. The summed E-state index contributed by atoms with van der Waals surface area (Å²) in [6.07, 6.45) is 1.81. The summed E-state index contributed by atoms with van der Waals surface area (Å²) in [7, 11) is -2.91. The van der Waals surface area contributed by atoms with Crippen molar-refractivity contribution >= 4 is 20.6 Å². The van der Waals surface area contributed by atoms with Gasteiger partial charge in [-0.05, 0) is 25.3 Å². The van der Waals surface area contributed by atoms with Gasteiger partial charge in [0, 0.05) is 23.2 Å². The molecule has 2 aromatic carbocycles. The lowest BCUT2D eigenvalue weighted by molar-refractivity contribution is 0.458. The summed E-state index contributed by atoms with van der Waals surface area (Å²) in [6.45, 7) is 2.56. The van der Waals surface area contributed by atoms with Crippen LogP contribution in [0, 0.1) is 0 Å². The second-order valence-corrected chi connectivity index (χ2v) is 7.64. The third-order valence-corrected chi connectivity index (χ3v) is 4.57. The fourth-order valence-corrected chi connectivity index (χ4v) is 3.05. The molecule has 4 nitrogen and oxygen atoms in total. The van der Waals surface area contributed by atoms with Crippen LogP contribution in [0.1, 0.15) is 24.9 Å². The molecule has 2 aromatic rings. The van der Waals surface area contributed by atoms with Crippen LogP contribution in [0.5, 0.6) is 5.75 Å². The minimum Gasteiger partial charge on any atom is -0.507 e. The van der Waals surface area contributed by atoms with Crippen molar-refractivity contribution < 1.29 is 13.5 Å². The average Bonchev–Trinajstić information content (AvgIpc) is 2.43. The largest absolute Gasteiger partial charge is 0.507 e. The van der Waals surface area contributed by atoms with Crippen LogP contribution in [0.4, 0.5) is 0 Å². The van der Waals surface area contributed by atoms with E-state index in [1.165, 1.54) is 6.26 Å². The van der Waals surface area contributed by atoms with Gasteiger partial charge in [-0.2, -0.15) is 0 Å². The average molecular weight is 307 g/mol. The van der Waals surface area contributed by atoms with E-state index in [0.29, 0.717) is 13.0 Å². The number of aromatic hydroxyl groups is 1. The molecule has 0 fully saturated rings. The molecule has 0 amide bonds. The van der Waals surface area contributed by atoms with E-state index in [1.807, 2.05) is 43.3 Å². The van der Waals surface area contributed by atoms with Gasteiger partial charge >= 0.3 is 0 Å². The van der Waals surface area contributed by atoms with Crippen molar-refractivity contribution in [2.75, 3.05) is 18.6 Å². The Bertz CT molecular complexity index is 725.